The first-order valence-electron chi connectivity index (χ1n) is 3.56. The van der Waals surface area contributed by atoms with Crippen molar-refractivity contribution in [3.63, 3.8) is 0 Å². The minimum Gasteiger partial charge on any atom is -0.378 e. The minimum absolute atomic E-state index is 0.637. The van der Waals surface area contributed by atoms with E-state index in [9.17, 15) is 5.11 Å². The van der Waals surface area contributed by atoms with E-state index >= 15 is 0 Å². The van der Waals surface area contributed by atoms with Crippen LogP contribution in [0.5, 0.6) is 0 Å². The van der Waals surface area contributed by atoms with Crippen LogP contribution in [0.3, 0.4) is 0 Å². The second-order valence-corrected chi connectivity index (χ2v) is 3.57. The number of hydrogen-bond donors (Lipinski definition) is 1. The summed E-state index contributed by atoms with van der Waals surface area (Å²) in [5, 5.41) is 13.3. The fraction of sp³-hybridized carbons (Fsp3) is 0.333. The molecule has 1 saturated carbocycles. The van der Waals surface area contributed by atoms with Gasteiger partial charge in [-0.1, -0.05) is 11.8 Å². The van der Waals surface area contributed by atoms with Gasteiger partial charge in [-0.2, -0.15) is 11.3 Å². The van der Waals surface area contributed by atoms with Gasteiger partial charge in [-0.05, 0) is 24.3 Å². The maximum atomic E-state index is 9.36. The quantitative estimate of drug-likeness (QED) is 0.578. The van der Waals surface area contributed by atoms with Crippen molar-refractivity contribution in [1.29, 1.82) is 0 Å². The molecule has 0 aliphatic heterocycles. The van der Waals surface area contributed by atoms with E-state index in [-0.39, 0.29) is 0 Å². The van der Waals surface area contributed by atoms with Gasteiger partial charge in [0.2, 0.25) is 0 Å². The van der Waals surface area contributed by atoms with Crippen molar-refractivity contribution < 1.29 is 5.11 Å². The lowest BCUT2D eigenvalue weighted by Gasteiger charge is -1.90. The Morgan fingerprint density at radius 2 is 2.36 bits per heavy atom. The first kappa shape index (κ1) is 6.90. The van der Waals surface area contributed by atoms with Gasteiger partial charge >= 0.3 is 0 Å². The Kier molecular flexibility index (Phi) is 1.49. The smallest absolute Gasteiger partial charge is 0.126 e. The summed E-state index contributed by atoms with van der Waals surface area (Å²) < 4.78 is 0. The maximum Gasteiger partial charge on any atom is 0.126 e. The van der Waals surface area contributed by atoms with Crippen molar-refractivity contribution in [3.05, 3.63) is 22.4 Å². The highest BCUT2D eigenvalue weighted by Gasteiger charge is 2.38. The van der Waals surface area contributed by atoms with E-state index in [0.717, 1.165) is 18.4 Å². The molecule has 1 aromatic heterocycles. The highest BCUT2D eigenvalue weighted by Crippen LogP contribution is 2.33. The molecule has 56 valence electrons. The van der Waals surface area contributed by atoms with Crippen LogP contribution in [-0.4, -0.2) is 10.7 Å². The second kappa shape index (κ2) is 2.37. The minimum atomic E-state index is -0.637. The number of thiophene rings is 1. The predicted octanol–water partition coefficient (Wildman–Crippen LogP) is 1.62. The number of aliphatic hydroxyl groups is 1. The Balaban J connectivity index is 2.14. The standard InChI is InChI=1S/C9H8OS/c10-9(4-5-9)3-1-8-2-6-11-7-8/h2,6-7,10H,4-5H2. The Morgan fingerprint density at radius 3 is 2.91 bits per heavy atom. The molecular weight excluding hydrogens is 156 g/mol. The summed E-state index contributed by atoms with van der Waals surface area (Å²) in [7, 11) is 0. The predicted molar refractivity (Wildman–Crippen MR) is 45.4 cm³/mol. The SMILES string of the molecule is OC1(C#Cc2ccsc2)CC1. The zero-order chi connectivity index (χ0) is 7.73. The van der Waals surface area contributed by atoms with Gasteiger partial charge < -0.3 is 5.11 Å². The first-order valence-corrected chi connectivity index (χ1v) is 4.51. The van der Waals surface area contributed by atoms with Gasteiger partial charge in [0, 0.05) is 10.9 Å². The van der Waals surface area contributed by atoms with E-state index in [2.05, 4.69) is 11.8 Å². The van der Waals surface area contributed by atoms with E-state index < -0.39 is 5.60 Å². The van der Waals surface area contributed by atoms with E-state index in [1.54, 1.807) is 11.3 Å². The van der Waals surface area contributed by atoms with Gasteiger partial charge in [-0.25, -0.2) is 0 Å². The molecule has 2 heteroatoms. The average molecular weight is 164 g/mol. The molecule has 0 amide bonds. The molecular formula is C9H8OS. The molecule has 11 heavy (non-hydrogen) atoms. The van der Waals surface area contributed by atoms with Crippen LogP contribution in [0.15, 0.2) is 16.8 Å². The van der Waals surface area contributed by atoms with E-state index in [1.165, 1.54) is 0 Å². The summed E-state index contributed by atoms with van der Waals surface area (Å²) in [4.78, 5) is 0. The van der Waals surface area contributed by atoms with Crippen molar-refractivity contribution in [1.82, 2.24) is 0 Å². The molecule has 0 unspecified atom stereocenters. The van der Waals surface area contributed by atoms with Crippen LogP contribution in [0.4, 0.5) is 0 Å². The zero-order valence-corrected chi connectivity index (χ0v) is 6.82. The summed E-state index contributed by atoms with van der Waals surface area (Å²) in [5.74, 6) is 5.79. The molecule has 1 aliphatic carbocycles. The third-order valence-corrected chi connectivity index (χ3v) is 2.37. The van der Waals surface area contributed by atoms with Crippen LogP contribution in [-0.2, 0) is 0 Å². The zero-order valence-electron chi connectivity index (χ0n) is 6.00. The van der Waals surface area contributed by atoms with E-state index in [0.29, 0.717) is 0 Å². The lowest BCUT2D eigenvalue weighted by Crippen LogP contribution is -2.00. The summed E-state index contributed by atoms with van der Waals surface area (Å²) >= 11 is 1.63. The Labute approximate surface area is 69.7 Å². The average Bonchev–Trinajstić information content (AvgIpc) is 2.53. The van der Waals surface area contributed by atoms with Gasteiger partial charge in [0.1, 0.15) is 5.60 Å². The molecule has 0 radical (unpaired) electrons. The third-order valence-electron chi connectivity index (χ3n) is 1.68. The molecule has 2 rings (SSSR count). The molecule has 1 nitrogen and oxygen atoms in total. The monoisotopic (exact) mass is 164 g/mol. The molecule has 1 aliphatic rings. The second-order valence-electron chi connectivity index (χ2n) is 2.79. The molecule has 0 atom stereocenters. The van der Waals surface area contributed by atoms with Crippen molar-refractivity contribution in [3.8, 4) is 11.8 Å². The van der Waals surface area contributed by atoms with E-state index in [1.807, 2.05) is 16.8 Å². The molecule has 0 spiro atoms. The van der Waals surface area contributed by atoms with Crippen LogP contribution in [0, 0.1) is 11.8 Å². The highest BCUT2D eigenvalue weighted by molar-refractivity contribution is 7.08. The Morgan fingerprint density at radius 1 is 1.55 bits per heavy atom. The van der Waals surface area contributed by atoms with Gasteiger partial charge in [-0.15, -0.1) is 0 Å². The maximum absolute atomic E-state index is 9.36. The lowest BCUT2D eigenvalue weighted by molar-refractivity contribution is 0.212. The van der Waals surface area contributed by atoms with Crippen molar-refractivity contribution in [2.24, 2.45) is 0 Å². The van der Waals surface area contributed by atoms with Gasteiger partial charge in [0.05, 0.1) is 0 Å². The normalized spacial score (nSPS) is 18.6. The molecule has 1 N–H and O–H groups in total. The number of hydrogen-bond acceptors (Lipinski definition) is 2. The Hall–Kier alpha value is -0.780. The largest absolute Gasteiger partial charge is 0.378 e. The van der Waals surface area contributed by atoms with Gasteiger partial charge in [-0.3, -0.25) is 0 Å². The molecule has 1 heterocycles. The fourth-order valence-corrected chi connectivity index (χ4v) is 1.36. The number of rotatable bonds is 0. The summed E-state index contributed by atoms with van der Waals surface area (Å²) in [5.41, 5.74) is 0.373. The van der Waals surface area contributed by atoms with Crippen LogP contribution in [0.1, 0.15) is 18.4 Å². The highest BCUT2D eigenvalue weighted by atomic mass is 32.1. The topological polar surface area (TPSA) is 20.2 Å². The van der Waals surface area contributed by atoms with Gasteiger partial charge in [0.25, 0.3) is 0 Å². The fourth-order valence-electron chi connectivity index (χ4n) is 0.767. The van der Waals surface area contributed by atoms with Crippen LogP contribution >= 0.6 is 11.3 Å². The van der Waals surface area contributed by atoms with Crippen molar-refractivity contribution in [2.75, 3.05) is 0 Å². The first-order chi connectivity index (χ1) is 5.29. The Bertz CT molecular complexity index is 298. The van der Waals surface area contributed by atoms with Crippen LogP contribution < -0.4 is 0 Å². The summed E-state index contributed by atoms with van der Waals surface area (Å²) in [6.07, 6.45) is 1.67. The molecule has 0 saturated heterocycles. The summed E-state index contributed by atoms with van der Waals surface area (Å²) in [6.45, 7) is 0. The summed E-state index contributed by atoms with van der Waals surface area (Å²) in [6, 6.07) is 1.96. The van der Waals surface area contributed by atoms with Crippen LogP contribution in [0.25, 0.3) is 0 Å². The van der Waals surface area contributed by atoms with E-state index in [4.69, 9.17) is 0 Å². The van der Waals surface area contributed by atoms with Crippen LogP contribution in [0.2, 0.25) is 0 Å². The van der Waals surface area contributed by atoms with Gasteiger partial charge in [0.15, 0.2) is 0 Å². The molecule has 1 aromatic rings. The molecule has 0 bridgehead atoms. The lowest BCUT2D eigenvalue weighted by atomic mass is 10.3. The van der Waals surface area contributed by atoms with Crippen molar-refractivity contribution in [2.45, 2.75) is 18.4 Å². The molecule has 1 fully saturated rings. The van der Waals surface area contributed by atoms with Crippen molar-refractivity contribution >= 4 is 11.3 Å². The third kappa shape index (κ3) is 1.62. The molecule has 0 aromatic carbocycles.